The van der Waals surface area contributed by atoms with Crippen LogP contribution in [0.5, 0.6) is 0 Å². The number of rotatable bonds is 3. The largest absolute Gasteiger partial charge is 0.378 e. The fourth-order valence-corrected chi connectivity index (χ4v) is 3.52. The molecule has 0 aromatic carbocycles. The van der Waals surface area contributed by atoms with Crippen LogP contribution < -0.4 is 5.73 Å². The average molecular weight is 268 g/mol. The van der Waals surface area contributed by atoms with E-state index in [2.05, 4.69) is 27.7 Å². The number of likely N-dealkylation sites (tertiary alicyclic amines) is 1. The standard InChI is InChI=1S/C15H28N2O2/c1-6-19-11-10-15(16,14(11,4)5)12(18)17-9-7-8-13(17,2)3/h11H,6-10,16H2,1-5H3. The lowest BCUT2D eigenvalue weighted by atomic mass is 9.54. The van der Waals surface area contributed by atoms with Crippen LogP contribution in [0.15, 0.2) is 0 Å². The van der Waals surface area contributed by atoms with Gasteiger partial charge in [0.2, 0.25) is 5.91 Å². The molecule has 0 spiro atoms. The Kier molecular flexibility index (Phi) is 3.47. The normalized spacial score (nSPS) is 36.1. The summed E-state index contributed by atoms with van der Waals surface area (Å²) in [5.74, 6) is 0.107. The number of hydrogen-bond donors (Lipinski definition) is 1. The number of carbonyl (C=O) groups excluding carboxylic acids is 1. The van der Waals surface area contributed by atoms with Crippen LogP contribution >= 0.6 is 0 Å². The predicted molar refractivity (Wildman–Crippen MR) is 75.8 cm³/mol. The predicted octanol–water partition coefficient (Wildman–Crippen LogP) is 1.92. The summed E-state index contributed by atoms with van der Waals surface area (Å²) >= 11 is 0. The molecule has 1 saturated heterocycles. The molecular formula is C15H28N2O2. The van der Waals surface area contributed by atoms with Crippen LogP contribution in [0.1, 0.15) is 53.9 Å². The molecule has 1 aliphatic heterocycles. The molecule has 19 heavy (non-hydrogen) atoms. The lowest BCUT2D eigenvalue weighted by Gasteiger charge is -2.59. The quantitative estimate of drug-likeness (QED) is 0.851. The molecule has 110 valence electrons. The first-order valence-corrected chi connectivity index (χ1v) is 7.39. The number of hydrogen-bond acceptors (Lipinski definition) is 3. The third-order valence-electron chi connectivity index (χ3n) is 5.36. The molecule has 1 aliphatic carbocycles. The Morgan fingerprint density at radius 2 is 2.00 bits per heavy atom. The van der Waals surface area contributed by atoms with E-state index in [0.29, 0.717) is 13.0 Å². The Morgan fingerprint density at radius 3 is 2.42 bits per heavy atom. The SMILES string of the molecule is CCOC1CC(N)(C(=O)N2CCCC2(C)C)C1(C)C. The van der Waals surface area contributed by atoms with Gasteiger partial charge in [-0.05, 0) is 33.6 Å². The Balaban J connectivity index is 2.16. The van der Waals surface area contributed by atoms with Gasteiger partial charge < -0.3 is 15.4 Å². The van der Waals surface area contributed by atoms with Gasteiger partial charge in [-0.3, -0.25) is 4.79 Å². The number of nitrogens with zero attached hydrogens (tertiary/aromatic N) is 1. The summed E-state index contributed by atoms with van der Waals surface area (Å²) in [6, 6.07) is 0. The highest BCUT2D eigenvalue weighted by Gasteiger charge is 2.64. The van der Waals surface area contributed by atoms with E-state index >= 15 is 0 Å². The van der Waals surface area contributed by atoms with Crippen molar-refractivity contribution in [2.75, 3.05) is 13.2 Å². The second-order valence-electron chi connectivity index (χ2n) is 7.21. The first kappa shape index (κ1) is 14.8. The molecular weight excluding hydrogens is 240 g/mol. The summed E-state index contributed by atoms with van der Waals surface area (Å²) in [7, 11) is 0. The van der Waals surface area contributed by atoms with Crippen LogP contribution in [0, 0.1) is 5.41 Å². The minimum atomic E-state index is -0.769. The van der Waals surface area contributed by atoms with E-state index in [-0.39, 0.29) is 23.0 Å². The van der Waals surface area contributed by atoms with Gasteiger partial charge in [0.25, 0.3) is 0 Å². The zero-order valence-corrected chi connectivity index (χ0v) is 13.0. The van der Waals surface area contributed by atoms with E-state index in [1.54, 1.807) is 0 Å². The van der Waals surface area contributed by atoms with Crippen molar-refractivity contribution in [1.29, 1.82) is 0 Å². The van der Waals surface area contributed by atoms with Gasteiger partial charge in [0.05, 0.1) is 6.10 Å². The first-order chi connectivity index (χ1) is 8.67. The van der Waals surface area contributed by atoms with E-state index in [0.717, 1.165) is 19.4 Å². The molecule has 0 aromatic heterocycles. The molecule has 0 radical (unpaired) electrons. The molecule has 2 fully saturated rings. The molecule has 2 rings (SSSR count). The number of nitrogens with two attached hydrogens (primary N) is 1. The molecule has 2 atom stereocenters. The van der Waals surface area contributed by atoms with Crippen LogP contribution in [0.3, 0.4) is 0 Å². The summed E-state index contributed by atoms with van der Waals surface area (Å²) < 4.78 is 5.70. The topological polar surface area (TPSA) is 55.6 Å². The van der Waals surface area contributed by atoms with Crippen LogP contribution in [0.4, 0.5) is 0 Å². The van der Waals surface area contributed by atoms with Gasteiger partial charge in [-0.25, -0.2) is 0 Å². The van der Waals surface area contributed by atoms with E-state index in [1.807, 2.05) is 11.8 Å². The van der Waals surface area contributed by atoms with Gasteiger partial charge in [-0.1, -0.05) is 13.8 Å². The Hall–Kier alpha value is -0.610. The molecule has 4 nitrogen and oxygen atoms in total. The number of carbonyl (C=O) groups is 1. The third kappa shape index (κ3) is 2.00. The Morgan fingerprint density at radius 1 is 1.37 bits per heavy atom. The van der Waals surface area contributed by atoms with E-state index in [1.165, 1.54) is 0 Å². The second kappa shape index (κ2) is 4.45. The maximum atomic E-state index is 12.9. The van der Waals surface area contributed by atoms with Crippen molar-refractivity contribution in [2.24, 2.45) is 11.1 Å². The van der Waals surface area contributed by atoms with Gasteiger partial charge in [-0.2, -0.15) is 0 Å². The minimum absolute atomic E-state index is 0.0593. The maximum absolute atomic E-state index is 12.9. The molecule has 2 aliphatic rings. The highest BCUT2D eigenvalue weighted by molar-refractivity contribution is 5.89. The molecule has 0 bridgehead atoms. The highest BCUT2D eigenvalue weighted by atomic mass is 16.5. The maximum Gasteiger partial charge on any atom is 0.243 e. The zero-order chi connectivity index (χ0) is 14.5. The van der Waals surface area contributed by atoms with Crippen molar-refractivity contribution in [2.45, 2.75) is 71.1 Å². The summed E-state index contributed by atoms with van der Waals surface area (Å²) in [5.41, 5.74) is 5.35. The van der Waals surface area contributed by atoms with Gasteiger partial charge >= 0.3 is 0 Å². The fraction of sp³-hybridized carbons (Fsp3) is 0.933. The van der Waals surface area contributed by atoms with Crippen LogP contribution in [0.2, 0.25) is 0 Å². The molecule has 1 saturated carbocycles. The van der Waals surface area contributed by atoms with Gasteiger partial charge in [0.15, 0.2) is 0 Å². The monoisotopic (exact) mass is 268 g/mol. The average Bonchev–Trinajstić information content (AvgIpc) is 2.67. The molecule has 4 heteroatoms. The van der Waals surface area contributed by atoms with Crippen LogP contribution in [0.25, 0.3) is 0 Å². The van der Waals surface area contributed by atoms with Crippen molar-refractivity contribution in [3.63, 3.8) is 0 Å². The van der Waals surface area contributed by atoms with Gasteiger partial charge in [-0.15, -0.1) is 0 Å². The lowest BCUT2D eigenvalue weighted by molar-refractivity contribution is -0.181. The van der Waals surface area contributed by atoms with Crippen molar-refractivity contribution in [1.82, 2.24) is 4.90 Å². The molecule has 1 amide bonds. The fourth-order valence-electron chi connectivity index (χ4n) is 3.52. The second-order valence-corrected chi connectivity index (χ2v) is 7.21. The Labute approximate surface area is 116 Å². The molecule has 2 unspecified atom stereocenters. The minimum Gasteiger partial charge on any atom is -0.378 e. The Bertz CT molecular complexity index is 378. The van der Waals surface area contributed by atoms with Crippen molar-refractivity contribution in [3.8, 4) is 0 Å². The molecule has 2 N–H and O–H groups in total. The van der Waals surface area contributed by atoms with Crippen LogP contribution in [-0.4, -0.2) is 41.1 Å². The smallest absolute Gasteiger partial charge is 0.243 e. The van der Waals surface area contributed by atoms with Gasteiger partial charge in [0.1, 0.15) is 5.54 Å². The van der Waals surface area contributed by atoms with Crippen molar-refractivity contribution in [3.05, 3.63) is 0 Å². The first-order valence-electron chi connectivity index (χ1n) is 7.39. The van der Waals surface area contributed by atoms with Gasteiger partial charge in [0, 0.05) is 30.5 Å². The zero-order valence-electron chi connectivity index (χ0n) is 13.0. The summed E-state index contributed by atoms with van der Waals surface area (Å²) in [4.78, 5) is 14.9. The van der Waals surface area contributed by atoms with E-state index in [9.17, 15) is 4.79 Å². The van der Waals surface area contributed by atoms with Crippen molar-refractivity contribution < 1.29 is 9.53 Å². The van der Waals surface area contributed by atoms with Crippen LogP contribution in [-0.2, 0) is 9.53 Å². The van der Waals surface area contributed by atoms with E-state index < -0.39 is 5.54 Å². The third-order valence-corrected chi connectivity index (χ3v) is 5.36. The number of amides is 1. The summed E-state index contributed by atoms with van der Waals surface area (Å²) in [6.07, 6.45) is 2.87. The lowest BCUT2D eigenvalue weighted by Crippen LogP contribution is -2.76. The number of ether oxygens (including phenoxy) is 1. The van der Waals surface area contributed by atoms with E-state index in [4.69, 9.17) is 10.5 Å². The van der Waals surface area contributed by atoms with Crippen molar-refractivity contribution >= 4 is 5.91 Å². The summed E-state index contributed by atoms with van der Waals surface area (Å²) in [5, 5.41) is 0. The molecule has 0 aromatic rings. The summed E-state index contributed by atoms with van der Waals surface area (Å²) in [6.45, 7) is 11.9. The highest BCUT2D eigenvalue weighted by Crippen LogP contribution is 2.51. The molecule has 1 heterocycles.